The highest BCUT2D eigenvalue weighted by molar-refractivity contribution is 7.17. The van der Waals surface area contributed by atoms with Crippen LogP contribution in [0.2, 0.25) is 0 Å². The molecule has 0 aliphatic heterocycles. The molecule has 0 atom stereocenters. The van der Waals surface area contributed by atoms with Gasteiger partial charge in [0, 0.05) is 12.0 Å². The smallest absolute Gasteiger partial charge is 0.347 e. The first-order chi connectivity index (χ1) is 12.2. The SMILES string of the molecule is CCc1nc(-c2ccc(OCCc3ccccc3)cc2)sc1C(=O)O. The molecule has 25 heavy (non-hydrogen) atoms. The maximum atomic E-state index is 11.3. The van der Waals surface area contributed by atoms with E-state index in [1.54, 1.807) is 0 Å². The monoisotopic (exact) mass is 353 g/mol. The van der Waals surface area contributed by atoms with Crippen molar-refractivity contribution in [1.82, 2.24) is 4.98 Å². The zero-order valence-electron chi connectivity index (χ0n) is 13.9. The average molecular weight is 353 g/mol. The van der Waals surface area contributed by atoms with Crippen molar-refractivity contribution >= 4 is 17.3 Å². The summed E-state index contributed by atoms with van der Waals surface area (Å²) < 4.78 is 5.78. The Bertz CT molecular complexity index is 841. The van der Waals surface area contributed by atoms with Crippen molar-refractivity contribution < 1.29 is 14.6 Å². The number of nitrogens with zero attached hydrogens (tertiary/aromatic N) is 1. The van der Waals surface area contributed by atoms with E-state index in [9.17, 15) is 9.90 Å². The second-order valence-corrected chi connectivity index (χ2v) is 6.56. The first-order valence-corrected chi connectivity index (χ1v) is 8.99. The van der Waals surface area contributed by atoms with E-state index in [2.05, 4.69) is 17.1 Å². The summed E-state index contributed by atoms with van der Waals surface area (Å²) >= 11 is 1.21. The normalized spacial score (nSPS) is 10.6. The highest BCUT2D eigenvalue weighted by Crippen LogP contribution is 2.29. The summed E-state index contributed by atoms with van der Waals surface area (Å²) in [5.41, 5.74) is 2.79. The molecule has 1 heterocycles. The number of hydrogen-bond acceptors (Lipinski definition) is 4. The number of ether oxygens (including phenoxy) is 1. The molecule has 0 fully saturated rings. The van der Waals surface area contributed by atoms with Gasteiger partial charge in [0.25, 0.3) is 0 Å². The zero-order valence-corrected chi connectivity index (χ0v) is 14.8. The van der Waals surface area contributed by atoms with Gasteiger partial charge in [0.05, 0.1) is 12.3 Å². The number of carboxylic acid groups (broad SMARTS) is 1. The van der Waals surface area contributed by atoms with Gasteiger partial charge in [-0.25, -0.2) is 9.78 Å². The largest absolute Gasteiger partial charge is 0.493 e. The van der Waals surface area contributed by atoms with Crippen LogP contribution < -0.4 is 4.74 Å². The molecule has 0 bridgehead atoms. The molecule has 0 radical (unpaired) electrons. The van der Waals surface area contributed by atoms with Gasteiger partial charge in [-0.1, -0.05) is 37.3 Å². The maximum Gasteiger partial charge on any atom is 0.347 e. The summed E-state index contributed by atoms with van der Waals surface area (Å²) in [5.74, 6) is -0.119. The van der Waals surface area contributed by atoms with Gasteiger partial charge in [0.2, 0.25) is 0 Å². The van der Waals surface area contributed by atoms with Crippen LogP contribution in [0.3, 0.4) is 0 Å². The molecule has 0 unspecified atom stereocenters. The lowest BCUT2D eigenvalue weighted by molar-refractivity contribution is 0.0701. The minimum absolute atomic E-state index is 0.320. The van der Waals surface area contributed by atoms with Gasteiger partial charge in [-0.15, -0.1) is 11.3 Å². The molecular formula is C20H19NO3S. The Morgan fingerprint density at radius 1 is 1.12 bits per heavy atom. The number of carboxylic acids is 1. The van der Waals surface area contributed by atoms with E-state index in [1.165, 1.54) is 16.9 Å². The van der Waals surface area contributed by atoms with Crippen LogP contribution in [0, 0.1) is 0 Å². The molecule has 1 N–H and O–H groups in total. The number of rotatable bonds is 7. The molecule has 4 nitrogen and oxygen atoms in total. The molecule has 0 spiro atoms. The van der Waals surface area contributed by atoms with Crippen molar-refractivity contribution in [3.8, 4) is 16.3 Å². The predicted molar refractivity (Wildman–Crippen MR) is 99.5 cm³/mol. The minimum Gasteiger partial charge on any atom is -0.493 e. The number of hydrogen-bond donors (Lipinski definition) is 1. The van der Waals surface area contributed by atoms with E-state index in [0.717, 1.165) is 22.7 Å². The Labute approximate surface area is 150 Å². The van der Waals surface area contributed by atoms with Gasteiger partial charge >= 0.3 is 5.97 Å². The number of thiazole rings is 1. The highest BCUT2D eigenvalue weighted by Gasteiger charge is 2.16. The Morgan fingerprint density at radius 3 is 2.44 bits per heavy atom. The molecular weight excluding hydrogens is 334 g/mol. The Balaban J connectivity index is 1.65. The van der Waals surface area contributed by atoms with Crippen molar-refractivity contribution in [2.75, 3.05) is 6.61 Å². The topological polar surface area (TPSA) is 59.4 Å². The number of carbonyl (C=O) groups is 1. The van der Waals surface area contributed by atoms with Gasteiger partial charge in [0.1, 0.15) is 15.6 Å². The second-order valence-electron chi connectivity index (χ2n) is 5.56. The van der Waals surface area contributed by atoms with Crippen LogP contribution in [0.25, 0.3) is 10.6 Å². The summed E-state index contributed by atoms with van der Waals surface area (Å²) in [4.78, 5) is 16.0. The second kappa shape index (κ2) is 7.94. The van der Waals surface area contributed by atoms with Crippen LogP contribution in [0.5, 0.6) is 5.75 Å². The minimum atomic E-state index is -0.915. The van der Waals surface area contributed by atoms with Crippen LogP contribution >= 0.6 is 11.3 Å². The number of aryl methyl sites for hydroxylation is 1. The lowest BCUT2D eigenvalue weighted by Crippen LogP contribution is -2.00. The van der Waals surface area contributed by atoms with Gasteiger partial charge in [-0.05, 0) is 36.2 Å². The van der Waals surface area contributed by atoms with Crippen LogP contribution in [-0.2, 0) is 12.8 Å². The third kappa shape index (κ3) is 4.25. The predicted octanol–water partition coefficient (Wildman–Crippen LogP) is 4.69. The Hall–Kier alpha value is -2.66. The first kappa shape index (κ1) is 17.2. The summed E-state index contributed by atoms with van der Waals surface area (Å²) in [7, 11) is 0. The molecule has 128 valence electrons. The van der Waals surface area contributed by atoms with E-state index in [4.69, 9.17) is 4.74 Å². The fourth-order valence-electron chi connectivity index (χ4n) is 2.51. The van der Waals surface area contributed by atoms with Gasteiger partial charge < -0.3 is 9.84 Å². The number of aromatic nitrogens is 1. The highest BCUT2D eigenvalue weighted by atomic mass is 32.1. The van der Waals surface area contributed by atoms with Crippen LogP contribution in [0.4, 0.5) is 0 Å². The van der Waals surface area contributed by atoms with Crippen molar-refractivity contribution in [2.45, 2.75) is 19.8 Å². The fourth-order valence-corrected chi connectivity index (χ4v) is 3.51. The van der Waals surface area contributed by atoms with Crippen LogP contribution in [0.1, 0.15) is 27.9 Å². The van der Waals surface area contributed by atoms with Crippen molar-refractivity contribution in [3.05, 3.63) is 70.7 Å². The lowest BCUT2D eigenvalue weighted by atomic mass is 10.2. The molecule has 0 amide bonds. The molecule has 0 aliphatic rings. The zero-order chi connectivity index (χ0) is 17.6. The fraction of sp³-hybridized carbons (Fsp3) is 0.200. The quantitative estimate of drug-likeness (QED) is 0.669. The van der Waals surface area contributed by atoms with Crippen molar-refractivity contribution in [1.29, 1.82) is 0 Å². The maximum absolute atomic E-state index is 11.3. The summed E-state index contributed by atoms with van der Waals surface area (Å²) in [5, 5.41) is 9.97. The van der Waals surface area contributed by atoms with Gasteiger partial charge in [0.15, 0.2) is 0 Å². The van der Waals surface area contributed by atoms with E-state index >= 15 is 0 Å². The standard InChI is InChI=1S/C20H19NO3S/c1-2-17-18(20(22)23)25-19(21-17)15-8-10-16(11-9-15)24-13-12-14-6-4-3-5-7-14/h3-11H,2,12-13H2,1H3,(H,22,23). The molecule has 0 saturated carbocycles. The van der Waals surface area contributed by atoms with Gasteiger partial charge in [-0.3, -0.25) is 0 Å². The van der Waals surface area contributed by atoms with Crippen LogP contribution in [-0.4, -0.2) is 22.7 Å². The molecule has 1 aromatic heterocycles. The van der Waals surface area contributed by atoms with Crippen molar-refractivity contribution in [3.63, 3.8) is 0 Å². The van der Waals surface area contributed by atoms with E-state index in [0.29, 0.717) is 23.6 Å². The van der Waals surface area contributed by atoms with E-state index < -0.39 is 5.97 Å². The molecule has 0 saturated heterocycles. The summed E-state index contributed by atoms with van der Waals surface area (Å²) in [6.45, 7) is 2.53. The number of benzene rings is 2. The Kier molecular flexibility index (Phi) is 5.46. The Morgan fingerprint density at radius 2 is 1.84 bits per heavy atom. The molecule has 3 aromatic rings. The summed E-state index contributed by atoms with van der Waals surface area (Å²) in [6.07, 6.45) is 1.47. The van der Waals surface area contributed by atoms with E-state index in [1.807, 2.05) is 49.4 Å². The lowest BCUT2D eigenvalue weighted by Gasteiger charge is -2.06. The van der Waals surface area contributed by atoms with Gasteiger partial charge in [-0.2, -0.15) is 0 Å². The molecule has 2 aromatic carbocycles. The summed E-state index contributed by atoms with van der Waals surface area (Å²) in [6, 6.07) is 17.8. The van der Waals surface area contributed by atoms with Crippen molar-refractivity contribution in [2.24, 2.45) is 0 Å². The molecule has 5 heteroatoms. The molecule has 3 rings (SSSR count). The average Bonchev–Trinajstić information content (AvgIpc) is 3.08. The molecule has 0 aliphatic carbocycles. The first-order valence-electron chi connectivity index (χ1n) is 8.17. The van der Waals surface area contributed by atoms with E-state index in [-0.39, 0.29) is 0 Å². The number of aromatic carboxylic acids is 1. The third-order valence-electron chi connectivity index (χ3n) is 3.83. The third-order valence-corrected chi connectivity index (χ3v) is 4.96. The van der Waals surface area contributed by atoms with Crippen LogP contribution in [0.15, 0.2) is 54.6 Å².